The maximum atomic E-state index is 13.0. The molecule has 0 saturated carbocycles. The number of aliphatic hydroxyl groups excluding tert-OH is 1. The number of phenols is 1. The summed E-state index contributed by atoms with van der Waals surface area (Å²) in [5.74, 6) is -0.597. The fourth-order valence-corrected chi connectivity index (χ4v) is 3.88. The third-order valence-electron chi connectivity index (χ3n) is 4.52. The van der Waals surface area contributed by atoms with Crippen LogP contribution in [0.25, 0.3) is 0 Å². The predicted octanol–water partition coefficient (Wildman–Crippen LogP) is 1.67. The molecule has 2 atom stereocenters. The van der Waals surface area contributed by atoms with Crippen LogP contribution in [-0.2, 0) is 11.0 Å². The quantitative estimate of drug-likeness (QED) is 0.584. The van der Waals surface area contributed by atoms with Gasteiger partial charge < -0.3 is 20.1 Å². The van der Waals surface area contributed by atoms with Crippen molar-refractivity contribution >= 4 is 11.0 Å². The van der Waals surface area contributed by atoms with Crippen molar-refractivity contribution in [3.63, 3.8) is 0 Å². The van der Waals surface area contributed by atoms with E-state index < -0.39 is 22.4 Å². The van der Waals surface area contributed by atoms with Gasteiger partial charge in [0.25, 0.3) is 0 Å². The van der Waals surface area contributed by atoms with Crippen molar-refractivity contribution < 1.29 is 28.7 Å². The van der Waals surface area contributed by atoms with Crippen molar-refractivity contribution in [1.82, 2.24) is 14.5 Å². The zero-order valence-corrected chi connectivity index (χ0v) is 19.0. The molecule has 1 aromatic carbocycles. The summed E-state index contributed by atoms with van der Waals surface area (Å²) in [6.07, 6.45) is 0.411. The molecule has 9 nitrogen and oxygen atoms in total. The Balaban J connectivity index is 0.000000229. The Bertz CT molecular complexity index is 983. The summed E-state index contributed by atoms with van der Waals surface area (Å²) >= 11 is 0. The van der Waals surface area contributed by atoms with Crippen LogP contribution in [0.3, 0.4) is 0 Å². The Morgan fingerprint density at radius 2 is 2.09 bits per heavy atom. The number of aromatic hydroxyl groups is 1. The van der Waals surface area contributed by atoms with Gasteiger partial charge in [-0.1, -0.05) is 13.8 Å². The van der Waals surface area contributed by atoms with E-state index in [2.05, 4.69) is 10.2 Å². The Morgan fingerprint density at radius 1 is 1.38 bits per heavy atom. The molecule has 1 aliphatic rings. The molecule has 3 N–H and O–H groups in total. The first-order valence-corrected chi connectivity index (χ1v) is 11.0. The molecule has 11 heteroatoms. The number of hydrogen-bond acceptors (Lipinski definition) is 8. The second-order valence-corrected chi connectivity index (χ2v) is 9.31. The van der Waals surface area contributed by atoms with Gasteiger partial charge in [0.15, 0.2) is 16.5 Å². The van der Waals surface area contributed by atoms with E-state index >= 15 is 0 Å². The van der Waals surface area contributed by atoms with Crippen LogP contribution >= 0.6 is 0 Å². The monoisotopic (exact) mass is 466 g/mol. The molecule has 2 heterocycles. The molecule has 0 spiro atoms. The Kier molecular flexibility index (Phi) is 9.03. The van der Waals surface area contributed by atoms with Gasteiger partial charge in [-0.15, -0.1) is 5.10 Å². The van der Waals surface area contributed by atoms with Crippen molar-refractivity contribution in [2.24, 2.45) is 5.92 Å². The van der Waals surface area contributed by atoms with Crippen LogP contribution in [0.2, 0.25) is 0 Å². The van der Waals surface area contributed by atoms with Gasteiger partial charge in [0.05, 0.1) is 24.5 Å². The lowest BCUT2D eigenvalue weighted by molar-refractivity contribution is -0.000512. The van der Waals surface area contributed by atoms with E-state index in [-0.39, 0.29) is 30.2 Å². The molecule has 0 radical (unpaired) electrons. The number of aromatic nitrogens is 2. The predicted molar refractivity (Wildman–Crippen MR) is 115 cm³/mol. The van der Waals surface area contributed by atoms with E-state index in [1.807, 2.05) is 13.8 Å². The van der Waals surface area contributed by atoms with Gasteiger partial charge in [0.1, 0.15) is 28.5 Å². The molecule has 1 fully saturated rings. The first-order chi connectivity index (χ1) is 15.1. The minimum absolute atomic E-state index is 0.133. The van der Waals surface area contributed by atoms with Crippen LogP contribution in [0.1, 0.15) is 31.5 Å². The molecule has 1 aromatic heterocycles. The summed E-state index contributed by atoms with van der Waals surface area (Å²) in [5.41, 5.74) is -0.515. The maximum absolute atomic E-state index is 13.0. The highest BCUT2D eigenvalue weighted by molar-refractivity contribution is 7.82. The Morgan fingerprint density at radius 3 is 2.62 bits per heavy atom. The van der Waals surface area contributed by atoms with Crippen molar-refractivity contribution in [2.75, 3.05) is 26.3 Å². The molecular formula is C21H27FN4O5S. The molecule has 174 valence electrons. The normalized spacial score (nSPS) is 19.2. The zero-order valence-electron chi connectivity index (χ0n) is 18.2. The smallest absolute Gasteiger partial charge is 0.165 e. The topological polar surface area (TPSA) is 140 Å². The average molecular weight is 467 g/mol. The second kappa shape index (κ2) is 11.3. The van der Waals surface area contributed by atoms with Crippen molar-refractivity contribution in [3.05, 3.63) is 41.3 Å². The summed E-state index contributed by atoms with van der Waals surface area (Å²) in [4.78, 5) is 0. The molecule has 0 bridgehead atoms. The van der Waals surface area contributed by atoms with Crippen molar-refractivity contribution in [2.45, 2.75) is 37.8 Å². The lowest BCUT2D eigenvalue weighted by Crippen LogP contribution is -2.37. The summed E-state index contributed by atoms with van der Waals surface area (Å²) in [5, 5.41) is 44.9. The molecule has 1 saturated heterocycles. The molecule has 32 heavy (non-hydrogen) atoms. The van der Waals surface area contributed by atoms with E-state index in [0.717, 1.165) is 11.8 Å². The average Bonchev–Trinajstić information content (AvgIpc) is 3.16. The number of aliphatic hydroxyl groups is 2. The third kappa shape index (κ3) is 6.93. The van der Waals surface area contributed by atoms with Gasteiger partial charge in [0.2, 0.25) is 0 Å². The van der Waals surface area contributed by atoms with Crippen LogP contribution in [0, 0.1) is 30.0 Å². The van der Waals surface area contributed by atoms with E-state index in [4.69, 9.17) is 15.1 Å². The number of aryl methyl sites for hydroxylation is 1. The molecule has 3 rings (SSSR count). The summed E-state index contributed by atoms with van der Waals surface area (Å²) in [6, 6.07) is 7.18. The Hall–Kier alpha value is -2.65. The fourth-order valence-electron chi connectivity index (χ4n) is 2.70. The fraction of sp³-hybridized carbons (Fsp3) is 0.476. The van der Waals surface area contributed by atoms with Gasteiger partial charge in [-0.2, -0.15) is 10.4 Å². The summed E-state index contributed by atoms with van der Waals surface area (Å²) in [7, 11) is -1.43. The number of nitriles is 1. The first-order valence-electron chi connectivity index (χ1n) is 9.94. The third-order valence-corrected chi connectivity index (χ3v) is 5.88. The largest absolute Gasteiger partial charge is 0.504 e. The Labute approximate surface area is 188 Å². The van der Waals surface area contributed by atoms with Gasteiger partial charge >= 0.3 is 0 Å². The van der Waals surface area contributed by atoms with E-state index in [0.29, 0.717) is 30.5 Å². The van der Waals surface area contributed by atoms with Crippen molar-refractivity contribution in [1.29, 1.82) is 5.26 Å². The van der Waals surface area contributed by atoms with Gasteiger partial charge in [-0.05, 0) is 31.4 Å². The number of nitrogens with zero attached hydrogens (tertiary/aromatic N) is 4. The van der Waals surface area contributed by atoms with Gasteiger partial charge in [0, 0.05) is 25.2 Å². The van der Waals surface area contributed by atoms with Crippen LogP contribution in [0.5, 0.6) is 11.5 Å². The number of halogens is 1. The lowest BCUT2D eigenvalue weighted by Gasteiger charge is -2.19. The number of ether oxygens (including phenoxy) is 1. The van der Waals surface area contributed by atoms with E-state index in [1.54, 1.807) is 29.4 Å². The molecule has 0 amide bonds. The summed E-state index contributed by atoms with van der Waals surface area (Å²) in [6.45, 7) is 6.45. The SMILES string of the molecule is CC(C)COc1cc(C#N)c(F)cc1O.Cc1ccc(S(=O)N2CCC(O)(CO)C2)nn1. The molecule has 2 unspecified atom stereocenters. The maximum Gasteiger partial charge on any atom is 0.165 e. The number of hydrogen-bond donors (Lipinski definition) is 3. The van der Waals surface area contributed by atoms with Crippen LogP contribution in [-0.4, -0.2) is 65.9 Å². The molecule has 1 aliphatic heterocycles. The van der Waals surface area contributed by atoms with Crippen molar-refractivity contribution in [3.8, 4) is 17.6 Å². The number of benzene rings is 1. The highest BCUT2D eigenvalue weighted by Gasteiger charge is 2.38. The highest BCUT2D eigenvalue weighted by atomic mass is 32.2. The number of rotatable bonds is 6. The summed E-state index contributed by atoms with van der Waals surface area (Å²) < 4.78 is 31.9. The van der Waals surface area contributed by atoms with Gasteiger partial charge in [-0.25, -0.2) is 12.9 Å². The molecule has 2 aromatic rings. The number of phenolic OH excluding ortho intramolecular Hbond substituents is 1. The number of β-amino-alcohol motifs (C(OH)–C–C–N with tert-alkyl or cyclic N) is 1. The van der Waals surface area contributed by atoms with Crippen LogP contribution in [0.15, 0.2) is 29.3 Å². The molecular weight excluding hydrogens is 439 g/mol. The van der Waals surface area contributed by atoms with Crippen LogP contribution in [0.4, 0.5) is 4.39 Å². The minimum atomic E-state index is -1.43. The zero-order chi connectivity index (χ0) is 23.9. The van der Waals surface area contributed by atoms with Crippen LogP contribution < -0.4 is 4.74 Å². The standard InChI is InChI=1S/C11H12FNO2.C10H15N3O3S/c1-7(2)6-15-11-3-8(5-13)9(12)4-10(11)14;1-8-2-3-9(12-11-8)17(16)13-5-4-10(15,6-13)7-14/h3-4,7,14H,6H2,1-2H3;2-3,14-15H,4-7H2,1H3. The van der Waals surface area contributed by atoms with E-state index in [1.165, 1.54) is 6.07 Å². The highest BCUT2D eigenvalue weighted by Crippen LogP contribution is 2.29. The second-order valence-electron chi connectivity index (χ2n) is 7.87. The van der Waals surface area contributed by atoms with E-state index in [9.17, 15) is 18.8 Å². The first kappa shape index (κ1) is 25.6. The molecule has 0 aliphatic carbocycles. The van der Waals surface area contributed by atoms with Gasteiger partial charge in [-0.3, -0.25) is 0 Å². The minimum Gasteiger partial charge on any atom is -0.504 e. The lowest BCUT2D eigenvalue weighted by atomic mass is 10.1.